The molecule has 0 spiro atoms. The highest BCUT2D eigenvalue weighted by Gasteiger charge is 2.24. The first-order valence-electron chi connectivity index (χ1n) is 7.49. The molecule has 0 unspecified atom stereocenters. The third kappa shape index (κ3) is 5.02. The Morgan fingerprint density at radius 1 is 1.12 bits per heavy atom. The Hall–Kier alpha value is -3.46. The van der Waals surface area contributed by atoms with E-state index in [4.69, 9.17) is 4.74 Å². The van der Waals surface area contributed by atoms with Crippen molar-refractivity contribution >= 4 is 17.6 Å². The fourth-order valence-corrected chi connectivity index (χ4v) is 2.14. The van der Waals surface area contributed by atoms with Crippen LogP contribution in [-0.4, -0.2) is 34.6 Å². The summed E-state index contributed by atoms with van der Waals surface area (Å²) in [7, 11) is 0. The molecule has 0 aliphatic rings. The van der Waals surface area contributed by atoms with Crippen molar-refractivity contribution in [2.45, 2.75) is 12.1 Å². The van der Waals surface area contributed by atoms with Gasteiger partial charge >= 0.3 is 0 Å². The molecule has 2 aromatic carbocycles. The summed E-state index contributed by atoms with van der Waals surface area (Å²) in [5, 5.41) is 34.1. The highest BCUT2D eigenvalue weighted by atomic mass is 16.6. The number of ether oxygens (including phenoxy) is 1. The molecule has 2 atom stereocenters. The van der Waals surface area contributed by atoms with Gasteiger partial charge in [0.15, 0.2) is 6.61 Å². The number of nitro benzene ring substituents is 1. The monoisotopic (exact) mass is 359 g/mol. The van der Waals surface area contributed by atoms with Gasteiger partial charge in [-0.1, -0.05) is 30.3 Å². The minimum atomic E-state index is -1.66. The third-order valence-corrected chi connectivity index (χ3v) is 3.44. The zero-order valence-corrected chi connectivity index (χ0v) is 13.4. The van der Waals surface area contributed by atoms with Crippen LogP contribution in [0.3, 0.4) is 0 Å². The second kappa shape index (κ2) is 8.58. The summed E-state index contributed by atoms with van der Waals surface area (Å²) >= 11 is 0. The van der Waals surface area contributed by atoms with E-state index < -0.39 is 35.6 Å². The smallest absolute Gasteiger partial charge is 0.269 e. The lowest BCUT2D eigenvalue weighted by atomic mass is 10.0. The molecule has 136 valence electrons. The van der Waals surface area contributed by atoms with Crippen molar-refractivity contribution in [1.29, 1.82) is 0 Å². The molecule has 2 aromatic rings. The van der Waals surface area contributed by atoms with Crippen molar-refractivity contribution in [2.75, 3.05) is 6.61 Å². The first-order valence-corrected chi connectivity index (χ1v) is 7.49. The van der Waals surface area contributed by atoms with E-state index in [0.717, 1.165) is 0 Å². The van der Waals surface area contributed by atoms with Gasteiger partial charge in [0.1, 0.15) is 11.9 Å². The van der Waals surface area contributed by atoms with Crippen molar-refractivity contribution in [1.82, 2.24) is 5.32 Å². The zero-order chi connectivity index (χ0) is 19.1. The standard InChI is InChI=1S/C17H16N2O7/c20-14(10-26-13-8-6-12(7-9-13)19(24)25)18-15(17(22)23)16(21)11-4-2-1-3-5-11/h1-9,15-16,21H,10H2,(H,18,20)(H,22,23)/p-1/t15-,16+/m1/s1. The number of benzene rings is 2. The van der Waals surface area contributed by atoms with Gasteiger partial charge in [0, 0.05) is 12.1 Å². The average molecular weight is 359 g/mol. The lowest BCUT2D eigenvalue weighted by molar-refractivity contribution is -0.384. The highest BCUT2D eigenvalue weighted by Crippen LogP contribution is 2.18. The Bertz CT molecular complexity index is 777. The van der Waals surface area contributed by atoms with Crippen LogP contribution in [0.4, 0.5) is 5.69 Å². The molecule has 0 heterocycles. The largest absolute Gasteiger partial charge is 0.548 e. The molecule has 1 amide bonds. The van der Waals surface area contributed by atoms with Crippen molar-refractivity contribution in [3.8, 4) is 5.75 Å². The van der Waals surface area contributed by atoms with Gasteiger partial charge in [-0.2, -0.15) is 0 Å². The van der Waals surface area contributed by atoms with Crippen LogP contribution in [0.5, 0.6) is 5.75 Å². The molecule has 0 aromatic heterocycles. The predicted molar refractivity (Wildman–Crippen MR) is 86.9 cm³/mol. The fourth-order valence-electron chi connectivity index (χ4n) is 2.14. The van der Waals surface area contributed by atoms with E-state index >= 15 is 0 Å². The number of non-ortho nitro benzene ring substituents is 1. The topological polar surface area (TPSA) is 142 Å². The number of hydrogen-bond donors (Lipinski definition) is 2. The molecule has 2 rings (SSSR count). The fraction of sp³-hybridized carbons (Fsp3) is 0.176. The molecular weight excluding hydrogens is 344 g/mol. The summed E-state index contributed by atoms with van der Waals surface area (Å²) in [5.41, 5.74) is 0.170. The number of carbonyl (C=O) groups is 2. The van der Waals surface area contributed by atoms with Crippen LogP contribution < -0.4 is 15.2 Å². The van der Waals surface area contributed by atoms with E-state index in [1.165, 1.54) is 36.4 Å². The molecular formula is C17H15N2O7-. The number of aliphatic carboxylic acids is 1. The van der Waals surface area contributed by atoms with Gasteiger partial charge in [0.05, 0.1) is 16.9 Å². The molecule has 0 radical (unpaired) electrons. The maximum absolute atomic E-state index is 11.9. The lowest BCUT2D eigenvalue weighted by Crippen LogP contribution is -2.52. The van der Waals surface area contributed by atoms with E-state index in [1.807, 2.05) is 0 Å². The van der Waals surface area contributed by atoms with Gasteiger partial charge in [-0.15, -0.1) is 0 Å². The highest BCUT2D eigenvalue weighted by molar-refractivity contribution is 5.84. The number of amides is 1. The summed E-state index contributed by atoms with van der Waals surface area (Å²) < 4.78 is 5.14. The Morgan fingerprint density at radius 2 is 1.73 bits per heavy atom. The van der Waals surface area contributed by atoms with Gasteiger partial charge in [-0.3, -0.25) is 14.9 Å². The number of nitro groups is 1. The Balaban J connectivity index is 1.95. The molecule has 0 saturated carbocycles. The molecule has 0 fully saturated rings. The maximum atomic E-state index is 11.9. The second-order valence-corrected chi connectivity index (χ2v) is 5.26. The molecule has 9 nitrogen and oxygen atoms in total. The minimum Gasteiger partial charge on any atom is -0.548 e. The number of nitrogens with zero attached hydrogens (tertiary/aromatic N) is 1. The second-order valence-electron chi connectivity index (χ2n) is 5.26. The van der Waals surface area contributed by atoms with E-state index in [9.17, 15) is 29.9 Å². The Morgan fingerprint density at radius 3 is 2.27 bits per heavy atom. The van der Waals surface area contributed by atoms with Crippen molar-refractivity contribution < 1.29 is 29.5 Å². The van der Waals surface area contributed by atoms with Gasteiger partial charge in [0.25, 0.3) is 11.6 Å². The number of aliphatic hydroxyl groups excluding tert-OH is 1. The van der Waals surface area contributed by atoms with Crippen LogP contribution in [0.15, 0.2) is 54.6 Å². The summed E-state index contributed by atoms with van der Waals surface area (Å²) in [5.74, 6) is -2.25. The zero-order valence-electron chi connectivity index (χ0n) is 13.4. The number of carboxylic acids is 1. The number of nitrogens with one attached hydrogen (secondary N) is 1. The number of aliphatic hydroxyl groups is 1. The van der Waals surface area contributed by atoms with Crippen LogP contribution >= 0.6 is 0 Å². The molecule has 0 aliphatic carbocycles. The quantitative estimate of drug-likeness (QED) is 0.497. The van der Waals surface area contributed by atoms with Gasteiger partial charge in [-0.25, -0.2) is 0 Å². The number of hydrogen-bond acceptors (Lipinski definition) is 7. The van der Waals surface area contributed by atoms with Gasteiger partial charge < -0.3 is 25.1 Å². The summed E-state index contributed by atoms with van der Waals surface area (Å²) in [6.45, 7) is -0.539. The molecule has 0 saturated heterocycles. The third-order valence-electron chi connectivity index (χ3n) is 3.44. The number of carbonyl (C=O) groups excluding carboxylic acids is 2. The van der Waals surface area contributed by atoms with Gasteiger partial charge in [-0.05, 0) is 17.7 Å². The van der Waals surface area contributed by atoms with Crippen LogP contribution in [-0.2, 0) is 9.59 Å². The predicted octanol–water partition coefficient (Wildman–Crippen LogP) is -0.0581. The first-order chi connectivity index (χ1) is 12.4. The lowest BCUT2D eigenvalue weighted by Gasteiger charge is -2.25. The average Bonchev–Trinajstić information content (AvgIpc) is 2.64. The molecule has 0 aliphatic heterocycles. The Labute approximate surface area is 148 Å². The van der Waals surface area contributed by atoms with Gasteiger partial charge in [0.2, 0.25) is 0 Å². The van der Waals surface area contributed by atoms with Crippen molar-refractivity contribution in [3.05, 3.63) is 70.3 Å². The van der Waals surface area contributed by atoms with Crippen molar-refractivity contribution in [3.63, 3.8) is 0 Å². The Kier molecular flexibility index (Phi) is 6.23. The first kappa shape index (κ1) is 18.9. The van der Waals surface area contributed by atoms with E-state index in [1.54, 1.807) is 18.2 Å². The van der Waals surface area contributed by atoms with Crippen molar-refractivity contribution in [2.24, 2.45) is 0 Å². The normalized spacial score (nSPS) is 12.7. The summed E-state index contributed by atoms with van der Waals surface area (Å²) in [4.78, 5) is 33.1. The van der Waals surface area contributed by atoms with Crippen LogP contribution in [0, 0.1) is 10.1 Å². The molecule has 26 heavy (non-hydrogen) atoms. The van der Waals surface area contributed by atoms with Crippen LogP contribution in [0.1, 0.15) is 11.7 Å². The minimum absolute atomic E-state index is 0.134. The van der Waals surface area contributed by atoms with E-state index in [2.05, 4.69) is 5.32 Å². The number of rotatable bonds is 8. The molecule has 0 bridgehead atoms. The van der Waals surface area contributed by atoms with E-state index in [0.29, 0.717) is 5.56 Å². The van der Waals surface area contributed by atoms with Crippen LogP contribution in [0.2, 0.25) is 0 Å². The number of carboxylic acid groups (broad SMARTS) is 1. The van der Waals surface area contributed by atoms with Crippen LogP contribution in [0.25, 0.3) is 0 Å². The summed E-state index contributed by atoms with van der Waals surface area (Å²) in [6, 6.07) is 11.3. The van der Waals surface area contributed by atoms with E-state index in [-0.39, 0.29) is 11.4 Å². The molecule has 2 N–H and O–H groups in total. The SMILES string of the molecule is O=C(COc1ccc([N+](=O)[O-])cc1)N[C@@H](C(=O)[O-])[C@@H](O)c1ccccc1. The molecule has 9 heteroatoms. The summed E-state index contributed by atoms with van der Waals surface area (Å²) in [6.07, 6.45) is -1.50. The maximum Gasteiger partial charge on any atom is 0.269 e.